The van der Waals surface area contributed by atoms with Crippen molar-refractivity contribution in [1.29, 1.82) is 0 Å². The van der Waals surface area contributed by atoms with Gasteiger partial charge in [-0.05, 0) is 24.5 Å². The predicted octanol–water partition coefficient (Wildman–Crippen LogP) is 2.95. The highest BCUT2D eigenvalue weighted by Crippen LogP contribution is 2.18. The Kier molecular flexibility index (Phi) is 5.92. The van der Waals surface area contributed by atoms with Crippen molar-refractivity contribution in [2.45, 2.75) is 19.3 Å². The molecule has 2 rings (SSSR count). The molecule has 0 aromatic heterocycles. The van der Waals surface area contributed by atoms with Gasteiger partial charge in [-0.25, -0.2) is 0 Å². The molecule has 0 radical (unpaired) electrons. The normalized spacial score (nSPS) is 11.7. The minimum atomic E-state index is -0.994. The summed E-state index contributed by atoms with van der Waals surface area (Å²) in [7, 11) is 0. The zero-order valence-corrected chi connectivity index (χ0v) is 13.2. The van der Waals surface area contributed by atoms with Crippen LogP contribution in [0.25, 0.3) is 0 Å². The molecule has 0 aliphatic rings. The number of carbonyl (C=O) groups excluding carboxylic acids is 1. The van der Waals surface area contributed by atoms with Gasteiger partial charge in [0.25, 0.3) is 0 Å². The lowest BCUT2D eigenvalue weighted by molar-refractivity contribution is -0.144. The molecule has 2 aromatic carbocycles. The Morgan fingerprint density at radius 1 is 1.00 bits per heavy atom. The second-order valence-electron chi connectivity index (χ2n) is 5.52. The lowest BCUT2D eigenvalue weighted by atomic mass is 9.99. The van der Waals surface area contributed by atoms with Crippen LogP contribution in [0.15, 0.2) is 60.7 Å². The highest BCUT2D eigenvalue weighted by Gasteiger charge is 2.23. The molecule has 0 aliphatic heterocycles. The molecular formula is C19H21NO3. The largest absolute Gasteiger partial charge is 0.480 e. The van der Waals surface area contributed by atoms with E-state index in [1.807, 2.05) is 67.6 Å². The van der Waals surface area contributed by atoms with Crippen molar-refractivity contribution in [2.75, 3.05) is 13.1 Å². The third kappa shape index (κ3) is 4.95. The van der Waals surface area contributed by atoms with Gasteiger partial charge in [-0.1, -0.05) is 60.7 Å². The van der Waals surface area contributed by atoms with Crippen LogP contribution in [0, 0.1) is 0 Å². The SMILES string of the molecule is C[C@@H](C(=O)N(CCc1ccccc1)CC(=O)O)c1ccccc1. The van der Waals surface area contributed by atoms with Gasteiger partial charge in [-0.3, -0.25) is 9.59 Å². The van der Waals surface area contributed by atoms with E-state index >= 15 is 0 Å². The summed E-state index contributed by atoms with van der Waals surface area (Å²) < 4.78 is 0. The van der Waals surface area contributed by atoms with Crippen LogP contribution in [0.2, 0.25) is 0 Å². The maximum atomic E-state index is 12.7. The summed E-state index contributed by atoms with van der Waals surface area (Å²) in [6.07, 6.45) is 0.640. The molecule has 0 heterocycles. The van der Waals surface area contributed by atoms with Crippen LogP contribution in [0.3, 0.4) is 0 Å². The van der Waals surface area contributed by atoms with Crippen LogP contribution in [-0.2, 0) is 16.0 Å². The first-order valence-electron chi connectivity index (χ1n) is 7.67. The Morgan fingerprint density at radius 3 is 2.13 bits per heavy atom. The summed E-state index contributed by atoms with van der Waals surface area (Å²) in [6, 6.07) is 19.2. The number of carbonyl (C=O) groups is 2. The zero-order chi connectivity index (χ0) is 16.7. The maximum Gasteiger partial charge on any atom is 0.323 e. The molecule has 0 saturated carbocycles. The van der Waals surface area contributed by atoms with Crippen LogP contribution in [0.1, 0.15) is 24.0 Å². The fourth-order valence-electron chi connectivity index (χ4n) is 2.50. The van der Waals surface area contributed by atoms with Gasteiger partial charge in [-0.15, -0.1) is 0 Å². The number of aliphatic carboxylic acids is 1. The summed E-state index contributed by atoms with van der Waals surface area (Å²) >= 11 is 0. The van der Waals surface area contributed by atoms with E-state index in [1.165, 1.54) is 4.90 Å². The van der Waals surface area contributed by atoms with Crippen LogP contribution < -0.4 is 0 Å². The van der Waals surface area contributed by atoms with Crippen LogP contribution in [0.5, 0.6) is 0 Å². The number of nitrogens with zero attached hydrogens (tertiary/aromatic N) is 1. The first-order chi connectivity index (χ1) is 11.1. The average molecular weight is 311 g/mol. The number of carboxylic acids is 1. The van der Waals surface area contributed by atoms with Gasteiger partial charge in [0.1, 0.15) is 6.54 Å². The van der Waals surface area contributed by atoms with E-state index in [1.54, 1.807) is 0 Å². The van der Waals surface area contributed by atoms with Crippen molar-refractivity contribution in [1.82, 2.24) is 4.90 Å². The number of amides is 1. The molecule has 2 aromatic rings. The topological polar surface area (TPSA) is 57.6 Å². The van der Waals surface area contributed by atoms with Gasteiger partial charge in [0.2, 0.25) is 5.91 Å². The van der Waals surface area contributed by atoms with E-state index in [4.69, 9.17) is 5.11 Å². The summed E-state index contributed by atoms with van der Waals surface area (Å²) in [6.45, 7) is 1.93. The Labute approximate surface area is 136 Å². The van der Waals surface area contributed by atoms with E-state index < -0.39 is 5.97 Å². The first kappa shape index (κ1) is 16.7. The molecule has 0 unspecified atom stereocenters. The number of benzene rings is 2. The molecule has 0 fully saturated rings. The van der Waals surface area contributed by atoms with Gasteiger partial charge >= 0.3 is 5.97 Å². The lowest BCUT2D eigenvalue weighted by Gasteiger charge is -2.24. The van der Waals surface area contributed by atoms with E-state index in [9.17, 15) is 9.59 Å². The van der Waals surface area contributed by atoms with Crippen molar-refractivity contribution in [3.05, 3.63) is 71.8 Å². The van der Waals surface area contributed by atoms with Gasteiger partial charge < -0.3 is 10.0 Å². The summed E-state index contributed by atoms with van der Waals surface area (Å²) in [5, 5.41) is 9.09. The summed E-state index contributed by atoms with van der Waals surface area (Å²) in [5.74, 6) is -1.51. The van der Waals surface area contributed by atoms with Gasteiger partial charge in [0.05, 0.1) is 5.92 Å². The van der Waals surface area contributed by atoms with Crippen LogP contribution >= 0.6 is 0 Å². The van der Waals surface area contributed by atoms with Gasteiger partial charge in [0, 0.05) is 6.54 Å². The average Bonchev–Trinajstić information content (AvgIpc) is 2.58. The number of hydrogen-bond donors (Lipinski definition) is 1. The maximum absolute atomic E-state index is 12.7. The van der Waals surface area contributed by atoms with Gasteiger partial charge in [0.15, 0.2) is 0 Å². The first-order valence-corrected chi connectivity index (χ1v) is 7.67. The summed E-state index contributed by atoms with van der Waals surface area (Å²) in [4.78, 5) is 25.2. The molecule has 0 saturated heterocycles. The molecule has 1 N–H and O–H groups in total. The monoisotopic (exact) mass is 311 g/mol. The number of hydrogen-bond acceptors (Lipinski definition) is 2. The van der Waals surface area contributed by atoms with Gasteiger partial charge in [-0.2, -0.15) is 0 Å². The van der Waals surface area contributed by atoms with E-state index in [2.05, 4.69) is 0 Å². The Bertz CT molecular complexity index is 640. The Balaban J connectivity index is 2.07. The fourth-order valence-corrected chi connectivity index (χ4v) is 2.50. The number of carboxylic acid groups (broad SMARTS) is 1. The van der Waals surface area contributed by atoms with E-state index in [0.717, 1.165) is 11.1 Å². The van der Waals surface area contributed by atoms with Crippen molar-refractivity contribution in [3.63, 3.8) is 0 Å². The third-order valence-electron chi connectivity index (χ3n) is 3.82. The second-order valence-corrected chi connectivity index (χ2v) is 5.52. The Morgan fingerprint density at radius 2 is 1.57 bits per heavy atom. The van der Waals surface area contributed by atoms with Crippen LogP contribution in [-0.4, -0.2) is 35.0 Å². The quantitative estimate of drug-likeness (QED) is 0.855. The molecule has 4 heteroatoms. The second kappa shape index (κ2) is 8.13. The minimum Gasteiger partial charge on any atom is -0.480 e. The lowest BCUT2D eigenvalue weighted by Crippen LogP contribution is -2.39. The summed E-state index contributed by atoms with van der Waals surface area (Å²) in [5.41, 5.74) is 1.98. The van der Waals surface area contributed by atoms with Crippen molar-refractivity contribution in [3.8, 4) is 0 Å². The van der Waals surface area contributed by atoms with Crippen LogP contribution in [0.4, 0.5) is 0 Å². The van der Waals surface area contributed by atoms with E-state index in [-0.39, 0.29) is 18.4 Å². The van der Waals surface area contributed by atoms with Crippen molar-refractivity contribution in [2.24, 2.45) is 0 Å². The minimum absolute atomic E-state index is 0.158. The third-order valence-corrected chi connectivity index (χ3v) is 3.82. The standard InChI is InChI=1S/C19H21NO3/c1-15(17-10-6-3-7-11-17)19(23)20(14-18(21)22)13-12-16-8-4-2-5-9-16/h2-11,15H,12-14H2,1H3,(H,21,22)/t15-/m1/s1. The predicted molar refractivity (Wildman–Crippen MR) is 89.2 cm³/mol. The smallest absolute Gasteiger partial charge is 0.323 e. The highest BCUT2D eigenvalue weighted by atomic mass is 16.4. The molecule has 4 nitrogen and oxygen atoms in total. The molecule has 120 valence electrons. The van der Waals surface area contributed by atoms with Crippen molar-refractivity contribution >= 4 is 11.9 Å². The molecule has 1 atom stereocenters. The highest BCUT2D eigenvalue weighted by molar-refractivity contribution is 5.86. The molecule has 23 heavy (non-hydrogen) atoms. The number of rotatable bonds is 7. The zero-order valence-electron chi connectivity index (χ0n) is 13.2. The molecule has 0 aliphatic carbocycles. The molecule has 1 amide bonds. The molecule has 0 bridgehead atoms. The van der Waals surface area contributed by atoms with Crippen molar-refractivity contribution < 1.29 is 14.7 Å². The fraction of sp³-hybridized carbons (Fsp3) is 0.263. The Hall–Kier alpha value is -2.62. The van der Waals surface area contributed by atoms with E-state index in [0.29, 0.717) is 13.0 Å². The molecular weight excluding hydrogens is 290 g/mol. The molecule has 0 spiro atoms.